The molecule has 0 aliphatic rings. The first-order valence-electron chi connectivity index (χ1n) is 9.27. The second-order valence-electron chi connectivity index (χ2n) is 5.36. The van der Waals surface area contributed by atoms with E-state index in [1.165, 1.54) is 0 Å². The topological polar surface area (TPSA) is 78.1 Å². The Morgan fingerprint density at radius 1 is 0.720 bits per heavy atom. The molecular formula is C18H42N2O5. The SMILES string of the molecule is CC.CC(C)C.CNCCOCCOCCOCCOCCNC=O. The maximum Gasteiger partial charge on any atom is 0.207 e. The van der Waals surface area contributed by atoms with Gasteiger partial charge in [-0.15, -0.1) is 0 Å². The average Bonchev–Trinajstić information content (AvgIpc) is 2.60. The van der Waals surface area contributed by atoms with Crippen LogP contribution in [0, 0.1) is 5.92 Å². The van der Waals surface area contributed by atoms with Gasteiger partial charge in [0, 0.05) is 13.1 Å². The molecule has 0 saturated heterocycles. The zero-order valence-corrected chi connectivity index (χ0v) is 17.3. The number of ether oxygens (including phenoxy) is 4. The minimum absolute atomic E-state index is 0.503. The summed E-state index contributed by atoms with van der Waals surface area (Å²) < 4.78 is 21.1. The summed E-state index contributed by atoms with van der Waals surface area (Å²) in [6.45, 7) is 16.4. The van der Waals surface area contributed by atoms with E-state index in [4.69, 9.17) is 18.9 Å². The quantitative estimate of drug-likeness (QED) is 0.320. The lowest BCUT2D eigenvalue weighted by Crippen LogP contribution is -2.19. The van der Waals surface area contributed by atoms with E-state index in [0.717, 1.165) is 12.5 Å². The first-order valence-corrected chi connectivity index (χ1v) is 9.27. The summed E-state index contributed by atoms with van der Waals surface area (Å²) >= 11 is 0. The van der Waals surface area contributed by atoms with Crippen LogP contribution < -0.4 is 10.6 Å². The lowest BCUT2D eigenvalue weighted by atomic mass is 10.3. The summed E-state index contributed by atoms with van der Waals surface area (Å²) in [4.78, 5) is 9.92. The molecule has 0 aliphatic heterocycles. The van der Waals surface area contributed by atoms with Gasteiger partial charge in [0.2, 0.25) is 6.41 Å². The van der Waals surface area contributed by atoms with Crippen LogP contribution in [0.2, 0.25) is 0 Å². The van der Waals surface area contributed by atoms with Gasteiger partial charge in [-0.25, -0.2) is 0 Å². The number of hydrogen-bond acceptors (Lipinski definition) is 6. The van der Waals surface area contributed by atoms with Crippen LogP contribution in [-0.2, 0) is 23.7 Å². The summed E-state index contributed by atoms with van der Waals surface area (Å²) in [6.07, 6.45) is 0.652. The van der Waals surface area contributed by atoms with Crippen LogP contribution in [0.5, 0.6) is 0 Å². The molecule has 0 atom stereocenters. The predicted octanol–water partition coefficient (Wildman–Crippen LogP) is 1.71. The minimum atomic E-state index is 0.503. The lowest BCUT2D eigenvalue weighted by molar-refractivity contribution is -0.109. The maximum atomic E-state index is 9.92. The molecule has 0 fully saturated rings. The van der Waals surface area contributed by atoms with Gasteiger partial charge in [0.25, 0.3) is 0 Å². The molecule has 7 nitrogen and oxygen atoms in total. The number of hydrogen-bond donors (Lipinski definition) is 2. The van der Waals surface area contributed by atoms with Crippen LogP contribution in [0.3, 0.4) is 0 Å². The molecule has 0 unspecified atom stereocenters. The Bertz CT molecular complexity index is 217. The van der Waals surface area contributed by atoms with Crippen molar-refractivity contribution in [3.8, 4) is 0 Å². The van der Waals surface area contributed by atoms with Crippen LogP contribution in [0.4, 0.5) is 0 Å². The van der Waals surface area contributed by atoms with Gasteiger partial charge in [0.05, 0.1) is 52.9 Å². The van der Waals surface area contributed by atoms with Crippen LogP contribution in [0.25, 0.3) is 0 Å². The Morgan fingerprint density at radius 2 is 1.04 bits per heavy atom. The molecule has 0 aromatic heterocycles. The summed E-state index contributed by atoms with van der Waals surface area (Å²) in [5.41, 5.74) is 0. The smallest absolute Gasteiger partial charge is 0.207 e. The summed E-state index contributed by atoms with van der Waals surface area (Å²) in [5.74, 6) is 0.833. The van der Waals surface area contributed by atoms with Crippen molar-refractivity contribution >= 4 is 6.41 Å². The highest BCUT2D eigenvalue weighted by Gasteiger charge is 1.92. The van der Waals surface area contributed by atoms with E-state index in [0.29, 0.717) is 65.8 Å². The Morgan fingerprint density at radius 3 is 1.36 bits per heavy atom. The van der Waals surface area contributed by atoms with Gasteiger partial charge in [0.1, 0.15) is 0 Å². The fourth-order valence-corrected chi connectivity index (χ4v) is 1.13. The van der Waals surface area contributed by atoms with Crippen LogP contribution >= 0.6 is 0 Å². The molecule has 0 saturated carbocycles. The number of likely N-dealkylation sites (N-methyl/N-ethyl adjacent to an activating group) is 1. The number of rotatable bonds is 16. The molecule has 0 aromatic rings. The van der Waals surface area contributed by atoms with Gasteiger partial charge in [-0.2, -0.15) is 0 Å². The number of carbonyl (C=O) groups is 1. The maximum absolute atomic E-state index is 9.92. The molecular weight excluding hydrogens is 324 g/mol. The van der Waals surface area contributed by atoms with Crippen LogP contribution in [-0.4, -0.2) is 79.4 Å². The van der Waals surface area contributed by atoms with Crippen molar-refractivity contribution in [3.63, 3.8) is 0 Å². The van der Waals surface area contributed by atoms with E-state index in [2.05, 4.69) is 31.4 Å². The van der Waals surface area contributed by atoms with E-state index < -0.39 is 0 Å². The lowest BCUT2D eigenvalue weighted by Gasteiger charge is -2.07. The van der Waals surface area contributed by atoms with Crippen molar-refractivity contribution in [1.82, 2.24) is 10.6 Å². The van der Waals surface area contributed by atoms with Gasteiger partial charge in [-0.05, 0) is 13.0 Å². The average molecular weight is 367 g/mol. The molecule has 0 heterocycles. The number of amides is 1. The molecule has 7 heteroatoms. The van der Waals surface area contributed by atoms with Crippen molar-refractivity contribution < 1.29 is 23.7 Å². The van der Waals surface area contributed by atoms with Crippen molar-refractivity contribution in [1.29, 1.82) is 0 Å². The summed E-state index contributed by atoms with van der Waals surface area (Å²) in [7, 11) is 1.89. The largest absolute Gasteiger partial charge is 0.378 e. The second kappa shape index (κ2) is 31.1. The Balaban J connectivity index is -0.000000701. The highest BCUT2D eigenvalue weighted by molar-refractivity contribution is 5.45. The minimum Gasteiger partial charge on any atom is -0.378 e. The van der Waals surface area contributed by atoms with Crippen LogP contribution in [0.1, 0.15) is 34.6 Å². The monoisotopic (exact) mass is 366 g/mol. The highest BCUT2D eigenvalue weighted by Crippen LogP contribution is 1.82. The van der Waals surface area contributed by atoms with Gasteiger partial charge in [-0.3, -0.25) is 4.79 Å². The molecule has 25 heavy (non-hydrogen) atoms. The third-order valence-electron chi connectivity index (χ3n) is 2.09. The van der Waals surface area contributed by atoms with Gasteiger partial charge >= 0.3 is 0 Å². The first-order chi connectivity index (χ1) is 12.1. The van der Waals surface area contributed by atoms with E-state index in [-0.39, 0.29) is 0 Å². The van der Waals surface area contributed by atoms with Crippen molar-refractivity contribution in [2.24, 2.45) is 5.92 Å². The molecule has 2 N–H and O–H groups in total. The predicted molar refractivity (Wildman–Crippen MR) is 103 cm³/mol. The second-order valence-corrected chi connectivity index (χ2v) is 5.36. The molecule has 0 radical (unpaired) electrons. The molecule has 0 bridgehead atoms. The molecule has 1 amide bonds. The van der Waals surface area contributed by atoms with Gasteiger partial charge < -0.3 is 29.6 Å². The van der Waals surface area contributed by atoms with Crippen molar-refractivity contribution in [2.75, 3.05) is 73.0 Å². The number of nitrogens with one attached hydrogen (secondary N) is 2. The molecule has 0 aromatic carbocycles. The zero-order chi connectivity index (χ0) is 19.6. The molecule has 154 valence electrons. The van der Waals surface area contributed by atoms with E-state index in [9.17, 15) is 4.79 Å². The molecule has 0 rings (SSSR count). The van der Waals surface area contributed by atoms with E-state index >= 15 is 0 Å². The third-order valence-corrected chi connectivity index (χ3v) is 2.09. The fraction of sp³-hybridized carbons (Fsp3) is 0.944. The highest BCUT2D eigenvalue weighted by atomic mass is 16.6. The van der Waals surface area contributed by atoms with Gasteiger partial charge in [0.15, 0.2) is 0 Å². The van der Waals surface area contributed by atoms with Crippen molar-refractivity contribution in [2.45, 2.75) is 34.6 Å². The zero-order valence-electron chi connectivity index (χ0n) is 17.3. The normalized spacial score (nSPS) is 9.72. The van der Waals surface area contributed by atoms with E-state index in [1.54, 1.807) is 0 Å². The Labute approximate surface area is 155 Å². The number of carbonyl (C=O) groups excluding carboxylic acids is 1. The van der Waals surface area contributed by atoms with Gasteiger partial charge in [-0.1, -0.05) is 34.6 Å². The molecule has 0 aliphatic carbocycles. The summed E-state index contributed by atoms with van der Waals surface area (Å²) in [5, 5.41) is 5.51. The third kappa shape index (κ3) is 45.1. The van der Waals surface area contributed by atoms with Crippen molar-refractivity contribution in [3.05, 3.63) is 0 Å². The van der Waals surface area contributed by atoms with E-state index in [1.807, 2.05) is 20.9 Å². The fourth-order valence-electron chi connectivity index (χ4n) is 1.13. The Kier molecular flexibility index (Phi) is 36.1. The Hall–Kier alpha value is -0.730. The first kappa shape index (κ1) is 29.0. The summed E-state index contributed by atoms with van der Waals surface area (Å²) in [6, 6.07) is 0. The van der Waals surface area contributed by atoms with Crippen LogP contribution in [0.15, 0.2) is 0 Å². The standard InChI is InChI=1S/C12H26N2O5.C4H10.C2H6/c1-13-2-4-16-6-8-18-10-11-19-9-7-17-5-3-14-12-15;1-4(2)3;1-2/h12-13H,2-11H2,1H3,(H,14,15);4H,1-3H3;1-2H3. The molecule has 0 spiro atoms.